The van der Waals surface area contributed by atoms with E-state index in [1.165, 1.54) is 11.8 Å². The van der Waals surface area contributed by atoms with Gasteiger partial charge in [-0.05, 0) is 52.0 Å². The quantitative estimate of drug-likeness (QED) is 0.678. The van der Waals surface area contributed by atoms with Crippen LogP contribution < -0.4 is 5.48 Å². The molecule has 1 aromatic carbocycles. The number of nitrogens with one attached hydrogen (secondary N) is 1. The fourth-order valence-corrected chi connectivity index (χ4v) is 2.04. The second-order valence-electron chi connectivity index (χ2n) is 4.89. The summed E-state index contributed by atoms with van der Waals surface area (Å²) in [5.74, 6) is -0.148. The molecule has 1 amide bonds. The van der Waals surface area contributed by atoms with E-state index in [1.54, 1.807) is 12.1 Å². The Kier molecular flexibility index (Phi) is 5.50. The maximum atomic E-state index is 11.8. The lowest BCUT2D eigenvalue weighted by Gasteiger charge is -2.20. The zero-order chi connectivity index (χ0) is 13.8. The van der Waals surface area contributed by atoms with E-state index in [-0.39, 0.29) is 16.8 Å². The predicted molar refractivity (Wildman–Crippen MR) is 75.8 cm³/mol. The Labute approximate surface area is 117 Å². The molecule has 1 N–H and O–H groups in total. The van der Waals surface area contributed by atoms with Crippen molar-refractivity contribution in [2.75, 3.05) is 0 Å². The van der Waals surface area contributed by atoms with E-state index < -0.39 is 0 Å². The highest BCUT2D eigenvalue weighted by Crippen LogP contribution is 2.24. The molecule has 0 radical (unpaired) electrons. The molecule has 5 heteroatoms. The van der Waals surface area contributed by atoms with Crippen molar-refractivity contribution in [3.05, 3.63) is 29.3 Å². The van der Waals surface area contributed by atoms with Gasteiger partial charge >= 0.3 is 0 Å². The summed E-state index contributed by atoms with van der Waals surface area (Å²) in [4.78, 5) is 18.0. The van der Waals surface area contributed by atoms with E-state index in [1.807, 2.05) is 39.8 Å². The first-order chi connectivity index (χ1) is 8.28. The highest BCUT2D eigenvalue weighted by molar-refractivity contribution is 8.00. The number of amides is 1. The van der Waals surface area contributed by atoms with E-state index in [2.05, 4.69) is 5.48 Å². The van der Waals surface area contributed by atoms with Crippen LogP contribution >= 0.6 is 23.4 Å². The first kappa shape index (κ1) is 15.3. The van der Waals surface area contributed by atoms with E-state index >= 15 is 0 Å². The Morgan fingerprint density at radius 2 is 1.89 bits per heavy atom. The van der Waals surface area contributed by atoms with Crippen molar-refractivity contribution in [1.29, 1.82) is 0 Å². The van der Waals surface area contributed by atoms with Crippen LogP contribution in [-0.2, 0) is 9.63 Å². The molecule has 0 aromatic heterocycles. The highest BCUT2D eigenvalue weighted by atomic mass is 35.5. The van der Waals surface area contributed by atoms with Gasteiger partial charge in [-0.1, -0.05) is 11.6 Å². The number of benzene rings is 1. The van der Waals surface area contributed by atoms with Crippen molar-refractivity contribution in [1.82, 2.24) is 5.48 Å². The van der Waals surface area contributed by atoms with Crippen LogP contribution in [0.4, 0.5) is 0 Å². The fourth-order valence-electron chi connectivity index (χ4n) is 1.06. The van der Waals surface area contributed by atoms with Gasteiger partial charge in [0.25, 0.3) is 5.91 Å². The number of halogens is 1. The average Bonchev–Trinajstić information content (AvgIpc) is 2.28. The summed E-state index contributed by atoms with van der Waals surface area (Å²) in [5.41, 5.74) is 2.08. The molecule has 0 bridgehead atoms. The molecule has 18 heavy (non-hydrogen) atoms. The molecule has 0 heterocycles. The van der Waals surface area contributed by atoms with Crippen LogP contribution in [0.1, 0.15) is 27.7 Å². The highest BCUT2D eigenvalue weighted by Gasteiger charge is 2.18. The Bertz CT molecular complexity index is 400. The van der Waals surface area contributed by atoms with E-state index in [4.69, 9.17) is 16.4 Å². The second-order valence-corrected chi connectivity index (χ2v) is 6.75. The molecule has 0 spiro atoms. The first-order valence-electron chi connectivity index (χ1n) is 5.68. The van der Waals surface area contributed by atoms with Gasteiger partial charge in [0.05, 0.1) is 10.9 Å². The molecule has 0 aliphatic rings. The lowest BCUT2D eigenvalue weighted by Crippen LogP contribution is -2.37. The number of hydrogen-bond acceptors (Lipinski definition) is 3. The maximum absolute atomic E-state index is 11.8. The lowest BCUT2D eigenvalue weighted by atomic mass is 10.2. The number of hydrogen-bond donors (Lipinski definition) is 1. The van der Waals surface area contributed by atoms with Crippen molar-refractivity contribution in [3.63, 3.8) is 0 Å². The van der Waals surface area contributed by atoms with Gasteiger partial charge in [0.1, 0.15) is 0 Å². The third-order valence-electron chi connectivity index (χ3n) is 1.95. The Hall–Kier alpha value is -0.710. The molecule has 1 aromatic rings. The fraction of sp³-hybridized carbons (Fsp3) is 0.462. The van der Waals surface area contributed by atoms with E-state index in [0.717, 1.165) is 4.90 Å². The van der Waals surface area contributed by atoms with Gasteiger partial charge in [0, 0.05) is 9.92 Å². The predicted octanol–water partition coefficient (Wildman–Crippen LogP) is 3.67. The van der Waals surface area contributed by atoms with Gasteiger partial charge in [-0.2, -0.15) is 0 Å². The first-order valence-corrected chi connectivity index (χ1v) is 6.94. The number of carbonyl (C=O) groups is 1. The SMILES string of the molecule is CC(Sc1ccc(Cl)cc1)C(=O)NOC(C)(C)C. The van der Waals surface area contributed by atoms with Crippen LogP contribution in [0.5, 0.6) is 0 Å². The number of carbonyl (C=O) groups excluding carboxylic acids is 1. The van der Waals surface area contributed by atoms with Crippen molar-refractivity contribution in [2.45, 2.75) is 43.4 Å². The molecule has 0 fully saturated rings. The molecule has 0 saturated carbocycles. The third kappa shape index (κ3) is 5.76. The summed E-state index contributed by atoms with van der Waals surface area (Å²) in [5, 5.41) is 0.459. The van der Waals surface area contributed by atoms with E-state index in [9.17, 15) is 4.79 Å². The zero-order valence-corrected chi connectivity index (χ0v) is 12.6. The zero-order valence-electron chi connectivity index (χ0n) is 11.0. The molecule has 1 atom stereocenters. The Balaban J connectivity index is 2.47. The smallest absolute Gasteiger partial charge is 0.256 e. The summed E-state index contributed by atoms with van der Waals surface area (Å²) in [6.07, 6.45) is 0. The van der Waals surface area contributed by atoms with Crippen LogP contribution in [0, 0.1) is 0 Å². The summed E-state index contributed by atoms with van der Waals surface area (Å²) >= 11 is 7.26. The molecule has 1 rings (SSSR count). The normalized spacial score (nSPS) is 13.2. The summed E-state index contributed by atoms with van der Waals surface area (Å²) < 4.78 is 0. The molecule has 0 aliphatic carbocycles. The summed E-state index contributed by atoms with van der Waals surface area (Å²) in [7, 11) is 0. The van der Waals surface area contributed by atoms with Gasteiger partial charge < -0.3 is 0 Å². The monoisotopic (exact) mass is 287 g/mol. The summed E-state index contributed by atoms with van der Waals surface area (Å²) in [6.45, 7) is 7.47. The largest absolute Gasteiger partial charge is 0.272 e. The van der Waals surface area contributed by atoms with Crippen LogP contribution in [0.25, 0.3) is 0 Å². The van der Waals surface area contributed by atoms with Crippen LogP contribution in [0.2, 0.25) is 5.02 Å². The Morgan fingerprint density at radius 1 is 1.33 bits per heavy atom. The molecule has 0 saturated heterocycles. The van der Waals surface area contributed by atoms with Gasteiger partial charge in [-0.15, -0.1) is 11.8 Å². The van der Waals surface area contributed by atoms with Crippen molar-refractivity contribution < 1.29 is 9.63 Å². The van der Waals surface area contributed by atoms with Crippen LogP contribution in [0.15, 0.2) is 29.2 Å². The van der Waals surface area contributed by atoms with Crippen molar-refractivity contribution >= 4 is 29.3 Å². The van der Waals surface area contributed by atoms with Crippen molar-refractivity contribution in [3.8, 4) is 0 Å². The van der Waals surface area contributed by atoms with Gasteiger partial charge in [-0.25, -0.2) is 5.48 Å². The minimum Gasteiger partial charge on any atom is -0.272 e. The molecule has 3 nitrogen and oxygen atoms in total. The number of hydroxylamine groups is 1. The van der Waals surface area contributed by atoms with Crippen LogP contribution in [0.3, 0.4) is 0 Å². The molecule has 0 aliphatic heterocycles. The molecular formula is C13H18ClNO2S. The molecule has 1 unspecified atom stereocenters. The second kappa shape index (κ2) is 6.45. The summed E-state index contributed by atoms with van der Waals surface area (Å²) in [6, 6.07) is 7.39. The van der Waals surface area contributed by atoms with Crippen LogP contribution in [-0.4, -0.2) is 16.8 Å². The van der Waals surface area contributed by atoms with Gasteiger partial charge in [-0.3, -0.25) is 9.63 Å². The maximum Gasteiger partial charge on any atom is 0.256 e. The Morgan fingerprint density at radius 3 is 2.39 bits per heavy atom. The number of rotatable bonds is 4. The standard InChI is InChI=1S/C13H18ClNO2S/c1-9(12(16)15-17-13(2,3)4)18-11-7-5-10(14)6-8-11/h5-9H,1-4H3,(H,15,16). The molecular weight excluding hydrogens is 270 g/mol. The van der Waals surface area contributed by atoms with Gasteiger partial charge in [0.15, 0.2) is 0 Å². The van der Waals surface area contributed by atoms with Crippen molar-refractivity contribution in [2.24, 2.45) is 0 Å². The van der Waals surface area contributed by atoms with Gasteiger partial charge in [0.2, 0.25) is 0 Å². The minimum atomic E-state index is -0.389. The topological polar surface area (TPSA) is 38.3 Å². The molecule has 100 valence electrons. The van der Waals surface area contributed by atoms with E-state index in [0.29, 0.717) is 5.02 Å². The minimum absolute atomic E-state index is 0.148. The number of thioether (sulfide) groups is 1. The average molecular weight is 288 g/mol. The lowest BCUT2D eigenvalue weighted by molar-refractivity contribution is -0.144. The third-order valence-corrected chi connectivity index (χ3v) is 3.32.